The highest BCUT2D eigenvalue weighted by atomic mass is 16.1. The Balaban J connectivity index is 1.51. The maximum atomic E-state index is 12.3. The largest absolute Gasteiger partial charge is 0.307 e. The molecule has 0 saturated heterocycles. The van der Waals surface area contributed by atoms with Gasteiger partial charge in [-0.25, -0.2) is 4.98 Å². The summed E-state index contributed by atoms with van der Waals surface area (Å²) in [6.07, 6.45) is 12.5. The van der Waals surface area contributed by atoms with Crippen LogP contribution in [0.25, 0.3) is 0 Å². The van der Waals surface area contributed by atoms with Gasteiger partial charge in [-0.05, 0) is 67.3 Å². The van der Waals surface area contributed by atoms with Crippen molar-refractivity contribution in [2.75, 3.05) is 5.32 Å². The standard InChI is InChI=1S/C23H30N2O/c1-2-3-4-7-18-9-11-19(12-10-18)20-13-15-21(16-14-20)23(26)25-22-8-5-6-17-24-22/h5-6,8,13-19H,2-4,7,9-12H2,1H3,(H,24,25,26). The van der Waals surface area contributed by atoms with Crippen molar-refractivity contribution < 1.29 is 4.79 Å². The number of amides is 1. The van der Waals surface area contributed by atoms with Crippen LogP contribution in [0, 0.1) is 5.92 Å². The number of hydrogen-bond acceptors (Lipinski definition) is 2. The number of carbonyl (C=O) groups excluding carboxylic acids is 1. The number of unbranched alkanes of at least 4 members (excludes halogenated alkanes) is 2. The van der Waals surface area contributed by atoms with E-state index in [9.17, 15) is 4.79 Å². The molecule has 138 valence electrons. The van der Waals surface area contributed by atoms with E-state index >= 15 is 0 Å². The van der Waals surface area contributed by atoms with Gasteiger partial charge in [0.15, 0.2) is 0 Å². The van der Waals surface area contributed by atoms with Gasteiger partial charge in [0.05, 0.1) is 0 Å². The number of carbonyl (C=O) groups is 1. The number of pyridine rings is 1. The smallest absolute Gasteiger partial charge is 0.256 e. The molecule has 1 aromatic heterocycles. The monoisotopic (exact) mass is 350 g/mol. The molecule has 1 N–H and O–H groups in total. The Morgan fingerprint density at radius 3 is 2.46 bits per heavy atom. The Morgan fingerprint density at radius 1 is 1.04 bits per heavy atom. The highest BCUT2D eigenvalue weighted by molar-refractivity contribution is 6.03. The minimum absolute atomic E-state index is 0.102. The van der Waals surface area contributed by atoms with Crippen LogP contribution in [0.5, 0.6) is 0 Å². The second-order valence-electron chi connectivity index (χ2n) is 7.50. The number of rotatable bonds is 7. The van der Waals surface area contributed by atoms with E-state index in [0.717, 1.165) is 5.92 Å². The maximum Gasteiger partial charge on any atom is 0.256 e. The summed E-state index contributed by atoms with van der Waals surface area (Å²) in [5, 5.41) is 2.84. The second kappa shape index (κ2) is 9.51. The van der Waals surface area contributed by atoms with Crippen molar-refractivity contribution in [3.63, 3.8) is 0 Å². The van der Waals surface area contributed by atoms with Crippen molar-refractivity contribution in [3.05, 3.63) is 59.8 Å². The molecular weight excluding hydrogens is 320 g/mol. The van der Waals surface area contributed by atoms with Gasteiger partial charge in [0, 0.05) is 11.8 Å². The van der Waals surface area contributed by atoms with E-state index in [4.69, 9.17) is 0 Å². The van der Waals surface area contributed by atoms with Crippen LogP contribution in [0.1, 0.15) is 80.1 Å². The maximum absolute atomic E-state index is 12.3. The topological polar surface area (TPSA) is 42.0 Å². The van der Waals surface area contributed by atoms with Gasteiger partial charge in [-0.15, -0.1) is 0 Å². The molecule has 1 aliphatic carbocycles. The summed E-state index contributed by atoms with van der Waals surface area (Å²) in [5.74, 6) is 2.07. The molecule has 2 aromatic rings. The van der Waals surface area contributed by atoms with Crippen LogP contribution in [0.2, 0.25) is 0 Å². The molecule has 1 amide bonds. The first-order chi connectivity index (χ1) is 12.8. The lowest BCUT2D eigenvalue weighted by molar-refractivity contribution is 0.102. The number of nitrogens with one attached hydrogen (secondary N) is 1. The van der Waals surface area contributed by atoms with E-state index in [0.29, 0.717) is 17.3 Å². The fourth-order valence-electron chi connectivity index (χ4n) is 4.00. The third-order valence-corrected chi connectivity index (χ3v) is 5.61. The number of nitrogens with zero attached hydrogens (tertiary/aromatic N) is 1. The highest BCUT2D eigenvalue weighted by Gasteiger charge is 2.22. The molecule has 0 bridgehead atoms. The zero-order chi connectivity index (χ0) is 18.2. The van der Waals surface area contributed by atoms with Crippen molar-refractivity contribution >= 4 is 11.7 Å². The predicted octanol–water partition coefficient (Wildman–Crippen LogP) is 6.19. The summed E-state index contributed by atoms with van der Waals surface area (Å²) < 4.78 is 0. The van der Waals surface area contributed by atoms with Crippen molar-refractivity contribution in [3.8, 4) is 0 Å². The van der Waals surface area contributed by atoms with Crippen molar-refractivity contribution in [2.45, 2.75) is 64.2 Å². The van der Waals surface area contributed by atoms with Crippen molar-refractivity contribution in [1.29, 1.82) is 0 Å². The van der Waals surface area contributed by atoms with E-state index in [1.54, 1.807) is 12.3 Å². The molecule has 0 aliphatic heterocycles. The first kappa shape index (κ1) is 18.6. The number of aromatic nitrogens is 1. The zero-order valence-electron chi connectivity index (χ0n) is 15.8. The van der Waals surface area contributed by atoms with E-state index in [1.165, 1.54) is 56.9 Å². The quantitative estimate of drug-likeness (QED) is 0.605. The van der Waals surface area contributed by atoms with Crippen LogP contribution < -0.4 is 5.32 Å². The normalized spacial score (nSPS) is 19.9. The minimum Gasteiger partial charge on any atom is -0.307 e. The van der Waals surface area contributed by atoms with Crippen LogP contribution >= 0.6 is 0 Å². The Bertz CT molecular complexity index is 673. The van der Waals surface area contributed by atoms with Gasteiger partial charge in [-0.2, -0.15) is 0 Å². The molecule has 0 radical (unpaired) electrons. The Labute approximate surface area is 157 Å². The first-order valence-corrected chi connectivity index (χ1v) is 10.1. The molecule has 1 aromatic carbocycles. The van der Waals surface area contributed by atoms with Crippen LogP contribution in [-0.2, 0) is 0 Å². The van der Waals surface area contributed by atoms with Gasteiger partial charge in [0.25, 0.3) is 5.91 Å². The van der Waals surface area contributed by atoms with E-state index in [-0.39, 0.29) is 5.91 Å². The molecule has 3 heteroatoms. The molecule has 26 heavy (non-hydrogen) atoms. The Hall–Kier alpha value is -2.16. The highest BCUT2D eigenvalue weighted by Crippen LogP contribution is 2.37. The summed E-state index contributed by atoms with van der Waals surface area (Å²) in [4.78, 5) is 16.5. The van der Waals surface area contributed by atoms with E-state index in [2.05, 4.69) is 29.4 Å². The number of hydrogen-bond donors (Lipinski definition) is 1. The lowest BCUT2D eigenvalue weighted by atomic mass is 9.77. The zero-order valence-corrected chi connectivity index (χ0v) is 15.8. The summed E-state index contributed by atoms with van der Waals surface area (Å²) in [6, 6.07) is 13.7. The van der Waals surface area contributed by atoms with Crippen LogP contribution in [0.4, 0.5) is 5.82 Å². The summed E-state index contributed by atoms with van der Waals surface area (Å²) in [6.45, 7) is 2.27. The average molecular weight is 351 g/mol. The van der Waals surface area contributed by atoms with Gasteiger partial charge in [0.2, 0.25) is 0 Å². The lowest BCUT2D eigenvalue weighted by Crippen LogP contribution is -2.15. The van der Waals surface area contributed by atoms with Crippen molar-refractivity contribution in [1.82, 2.24) is 4.98 Å². The van der Waals surface area contributed by atoms with E-state index < -0.39 is 0 Å². The summed E-state index contributed by atoms with van der Waals surface area (Å²) in [7, 11) is 0. The van der Waals surface area contributed by atoms with Gasteiger partial charge in [0.1, 0.15) is 5.82 Å². The third kappa shape index (κ3) is 5.17. The Kier molecular flexibility index (Phi) is 6.82. The second-order valence-corrected chi connectivity index (χ2v) is 7.50. The number of anilines is 1. The molecule has 3 rings (SSSR count). The Morgan fingerprint density at radius 2 is 1.81 bits per heavy atom. The summed E-state index contributed by atoms with van der Waals surface area (Å²) in [5.41, 5.74) is 2.07. The molecule has 0 unspecified atom stereocenters. The predicted molar refractivity (Wildman–Crippen MR) is 107 cm³/mol. The summed E-state index contributed by atoms with van der Waals surface area (Å²) >= 11 is 0. The third-order valence-electron chi connectivity index (χ3n) is 5.61. The average Bonchev–Trinajstić information content (AvgIpc) is 2.70. The van der Waals surface area contributed by atoms with Crippen molar-refractivity contribution in [2.24, 2.45) is 5.92 Å². The number of benzene rings is 1. The van der Waals surface area contributed by atoms with Crippen LogP contribution in [0.15, 0.2) is 48.7 Å². The van der Waals surface area contributed by atoms with Gasteiger partial charge >= 0.3 is 0 Å². The molecule has 1 fully saturated rings. The van der Waals surface area contributed by atoms with Crippen LogP contribution in [-0.4, -0.2) is 10.9 Å². The first-order valence-electron chi connectivity index (χ1n) is 10.1. The van der Waals surface area contributed by atoms with Gasteiger partial charge < -0.3 is 5.32 Å². The van der Waals surface area contributed by atoms with Gasteiger partial charge in [-0.1, -0.05) is 50.8 Å². The minimum atomic E-state index is -0.102. The molecule has 0 atom stereocenters. The fraction of sp³-hybridized carbons (Fsp3) is 0.478. The van der Waals surface area contributed by atoms with Gasteiger partial charge in [-0.3, -0.25) is 4.79 Å². The van der Waals surface area contributed by atoms with E-state index in [1.807, 2.05) is 24.3 Å². The fourth-order valence-corrected chi connectivity index (χ4v) is 4.00. The molecule has 1 heterocycles. The lowest BCUT2D eigenvalue weighted by Gasteiger charge is -2.29. The molecule has 0 spiro atoms. The van der Waals surface area contributed by atoms with Crippen LogP contribution in [0.3, 0.4) is 0 Å². The molecule has 1 aliphatic rings. The molecular formula is C23H30N2O. The molecule has 3 nitrogen and oxygen atoms in total. The molecule has 1 saturated carbocycles. The SMILES string of the molecule is CCCCCC1CCC(c2ccc(C(=O)Nc3ccccn3)cc2)CC1.